The summed E-state index contributed by atoms with van der Waals surface area (Å²) in [5.41, 5.74) is -0.597. The van der Waals surface area contributed by atoms with E-state index in [4.69, 9.17) is 0 Å². The van der Waals surface area contributed by atoms with Crippen molar-refractivity contribution in [2.75, 3.05) is 5.32 Å². The third-order valence-corrected chi connectivity index (χ3v) is 6.43. The van der Waals surface area contributed by atoms with Crippen LogP contribution in [0.4, 0.5) is 10.1 Å². The van der Waals surface area contributed by atoms with Crippen molar-refractivity contribution in [3.8, 4) is 0 Å². The molecule has 0 spiro atoms. The number of benzene rings is 1. The zero-order valence-electron chi connectivity index (χ0n) is 17.3. The van der Waals surface area contributed by atoms with Gasteiger partial charge in [0.15, 0.2) is 0 Å². The van der Waals surface area contributed by atoms with Crippen molar-refractivity contribution in [1.82, 2.24) is 14.5 Å². The largest absolute Gasteiger partial charge is 0.352 e. The molecule has 0 bridgehead atoms. The molecule has 0 radical (unpaired) electrons. The van der Waals surface area contributed by atoms with Gasteiger partial charge in [0.2, 0.25) is 11.8 Å². The van der Waals surface area contributed by atoms with Gasteiger partial charge in [0.05, 0.1) is 5.52 Å². The molecule has 1 aromatic carbocycles. The van der Waals surface area contributed by atoms with Gasteiger partial charge in [0.25, 0.3) is 5.56 Å². The monoisotopic (exact) mass is 458 g/mol. The predicted molar refractivity (Wildman–Crippen MR) is 120 cm³/mol. The molecule has 1 aliphatic rings. The minimum absolute atomic E-state index is 0.0947. The number of fused-ring (bicyclic) bond motifs is 1. The molecule has 2 heterocycles. The standard InChI is InChI=1S/C22H23FN4O4S/c23-14-6-8-16(9-7-14)25-19(29)13-27-21(30)20-17(10-11-32-20)26(22(27)31)12-18(28)24-15-4-2-1-3-5-15/h6-11,15H,1-5,12-13H2,(H,24,28)(H,25,29). The molecule has 4 rings (SSSR count). The molecular weight excluding hydrogens is 435 g/mol. The molecule has 32 heavy (non-hydrogen) atoms. The number of halogens is 1. The van der Waals surface area contributed by atoms with Gasteiger partial charge in [-0.15, -0.1) is 11.3 Å². The molecule has 0 aliphatic heterocycles. The summed E-state index contributed by atoms with van der Waals surface area (Å²) in [6.07, 6.45) is 5.11. The van der Waals surface area contributed by atoms with E-state index >= 15 is 0 Å². The first-order chi connectivity index (χ1) is 15.4. The Hall–Kier alpha value is -3.27. The lowest BCUT2D eigenvalue weighted by atomic mass is 9.95. The average Bonchev–Trinajstić information content (AvgIpc) is 3.27. The topological polar surface area (TPSA) is 102 Å². The smallest absolute Gasteiger partial charge is 0.332 e. The summed E-state index contributed by atoms with van der Waals surface area (Å²) >= 11 is 1.15. The van der Waals surface area contributed by atoms with Gasteiger partial charge in [-0.1, -0.05) is 19.3 Å². The first-order valence-electron chi connectivity index (χ1n) is 10.5. The quantitative estimate of drug-likeness (QED) is 0.592. The maximum atomic E-state index is 13.1. The molecule has 1 fully saturated rings. The lowest BCUT2D eigenvalue weighted by Gasteiger charge is -2.23. The van der Waals surface area contributed by atoms with Gasteiger partial charge in [0, 0.05) is 11.7 Å². The number of carbonyl (C=O) groups is 2. The summed E-state index contributed by atoms with van der Waals surface area (Å²) in [6.45, 7) is -0.754. The van der Waals surface area contributed by atoms with E-state index in [-0.39, 0.29) is 18.5 Å². The normalized spacial score (nSPS) is 14.4. The highest BCUT2D eigenvalue weighted by Crippen LogP contribution is 2.18. The number of thiophene rings is 1. The van der Waals surface area contributed by atoms with Crippen LogP contribution in [0.3, 0.4) is 0 Å². The first kappa shape index (κ1) is 21.9. The van der Waals surface area contributed by atoms with Crippen LogP contribution in [0.2, 0.25) is 0 Å². The Bertz CT molecular complexity index is 1260. The van der Waals surface area contributed by atoms with Crippen molar-refractivity contribution in [3.05, 3.63) is 62.4 Å². The summed E-state index contributed by atoms with van der Waals surface area (Å²) in [7, 11) is 0. The van der Waals surface area contributed by atoms with Crippen molar-refractivity contribution in [3.63, 3.8) is 0 Å². The molecule has 2 amide bonds. The summed E-state index contributed by atoms with van der Waals surface area (Å²) in [5, 5.41) is 7.18. The molecule has 8 nitrogen and oxygen atoms in total. The molecular formula is C22H23FN4O4S. The van der Waals surface area contributed by atoms with Crippen LogP contribution in [0.1, 0.15) is 32.1 Å². The van der Waals surface area contributed by atoms with Crippen LogP contribution < -0.4 is 21.9 Å². The van der Waals surface area contributed by atoms with Crippen molar-refractivity contribution < 1.29 is 14.0 Å². The fourth-order valence-electron chi connectivity index (χ4n) is 3.97. The molecule has 168 valence electrons. The van der Waals surface area contributed by atoms with E-state index in [1.807, 2.05) is 0 Å². The Morgan fingerprint density at radius 1 is 0.969 bits per heavy atom. The van der Waals surface area contributed by atoms with E-state index in [1.165, 1.54) is 28.8 Å². The van der Waals surface area contributed by atoms with Gasteiger partial charge in [0.1, 0.15) is 23.6 Å². The third kappa shape index (κ3) is 4.80. The molecule has 0 saturated heterocycles. The highest BCUT2D eigenvalue weighted by molar-refractivity contribution is 7.17. The second kappa shape index (κ2) is 9.47. The van der Waals surface area contributed by atoms with Crippen LogP contribution in [0, 0.1) is 5.82 Å². The number of anilines is 1. The van der Waals surface area contributed by atoms with Crippen molar-refractivity contribution >= 4 is 39.1 Å². The molecule has 0 atom stereocenters. The Labute approximate surface area is 186 Å². The maximum Gasteiger partial charge on any atom is 0.332 e. The molecule has 1 aliphatic carbocycles. The summed E-state index contributed by atoms with van der Waals surface area (Å²) in [4.78, 5) is 51.0. The van der Waals surface area contributed by atoms with Crippen LogP contribution in [-0.4, -0.2) is 27.0 Å². The second-order valence-electron chi connectivity index (χ2n) is 7.85. The number of hydrogen-bond donors (Lipinski definition) is 2. The van der Waals surface area contributed by atoms with Gasteiger partial charge in [-0.25, -0.2) is 13.8 Å². The number of aromatic nitrogens is 2. The van der Waals surface area contributed by atoms with Crippen LogP contribution in [0.5, 0.6) is 0 Å². The van der Waals surface area contributed by atoms with Gasteiger partial charge < -0.3 is 10.6 Å². The molecule has 0 unspecified atom stereocenters. The number of amides is 2. The highest BCUT2D eigenvalue weighted by atomic mass is 32.1. The van der Waals surface area contributed by atoms with Crippen molar-refractivity contribution in [1.29, 1.82) is 0 Å². The number of rotatable bonds is 6. The Morgan fingerprint density at radius 2 is 1.66 bits per heavy atom. The molecule has 1 saturated carbocycles. The van der Waals surface area contributed by atoms with E-state index in [0.717, 1.165) is 48.0 Å². The van der Waals surface area contributed by atoms with Gasteiger partial charge in [-0.3, -0.25) is 19.0 Å². The molecule has 2 N–H and O–H groups in total. The van der Waals surface area contributed by atoms with E-state index in [0.29, 0.717) is 15.9 Å². The zero-order chi connectivity index (χ0) is 22.7. The van der Waals surface area contributed by atoms with E-state index < -0.39 is 29.5 Å². The van der Waals surface area contributed by atoms with E-state index in [1.54, 1.807) is 11.4 Å². The van der Waals surface area contributed by atoms with Crippen molar-refractivity contribution in [2.45, 2.75) is 51.2 Å². The number of hydrogen-bond acceptors (Lipinski definition) is 5. The SMILES string of the molecule is O=C(Cn1c(=O)c2sccc2n(CC(=O)NC2CCCCC2)c1=O)Nc1ccc(F)cc1. The van der Waals surface area contributed by atoms with Crippen LogP contribution in [0.15, 0.2) is 45.3 Å². The summed E-state index contributed by atoms with van der Waals surface area (Å²) in [5.74, 6) is -1.35. The van der Waals surface area contributed by atoms with E-state index in [2.05, 4.69) is 10.6 Å². The minimum Gasteiger partial charge on any atom is -0.352 e. The lowest BCUT2D eigenvalue weighted by molar-refractivity contribution is -0.122. The van der Waals surface area contributed by atoms with Gasteiger partial charge in [-0.05, 0) is 48.6 Å². The lowest BCUT2D eigenvalue weighted by Crippen LogP contribution is -2.45. The summed E-state index contributed by atoms with van der Waals surface area (Å²) in [6, 6.07) is 6.87. The number of carbonyl (C=O) groups excluding carboxylic acids is 2. The Morgan fingerprint density at radius 3 is 2.38 bits per heavy atom. The maximum absolute atomic E-state index is 13.1. The zero-order valence-corrected chi connectivity index (χ0v) is 18.1. The minimum atomic E-state index is -0.728. The fourth-order valence-corrected chi connectivity index (χ4v) is 4.81. The van der Waals surface area contributed by atoms with Gasteiger partial charge >= 0.3 is 5.69 Å². The Kier molecular flexibility index (Phi) is 6.50. The fraction of sp³-hybridized carbons (Fsp3) is 0.364. The second-order valence-corrected chi connectivity index (χ2v) is 8.77. The molecule has 2 aromatic heterocycles. The van der Waals surface area contributed by atoms with Crippen LogP contribution >= 0.6 is 11.3 Å². The molecule has 3 aromatic rings. The average molecular weight is 459 g/mol. The highest BCUT2D eigenvalue weighted by Gasteiger charge is 2.20. The third-order valence-electron chi connectivity index (χ3n) is 5.54. The summed E-state index contributed by atoms with van der Waals surface area (Å²) < 4.78 is 15.4. The van der Waals surface area contributed by atoms with Crippen LogP contribution in [-0.2, 0) is 22.7 Å². The van der Waals surface area contributed by atoms with E-state index in [9.17, 15) is 23.6 Å². The van der Waals surface area contributed by atoms with Gasteiger partial charge in [-0.2, -0.15) is 0 Å². The number of nitrogens with zero attached hydrogens (tertiary/aromatic N) is 2. The number of nitrogens with one attached hydrogen (secondary N) is 2. The molecule has 10 heteroatoms. The Balaban J connectivity index is 1.58. The van der Waals surface area contributed by atoms with Crippen molar-refractivity contribution in [2.24, 2.45) is 0 Å². The van der Waals surface area contributed by atoms with Crippen LogP contribution in [0.25, 0.3) is 10.2 Å². The predicted octanol–water partition coefficient (Wildman–Crippen LogP) is 2.45. The first-order valence-corrected chi connectivity index (χ1v) is 11.4.